The van der Waals surface area contributed by atoms with E-state index >= 15 is 0 Å². The van der Waals surface area contributed by atoms with Gasteiger partial charge in [-0.2, -0.15) is 0 Å². The van der Waals surface area contributed by atoms with Crippen LogP contribution in [0.5, 0.6) is 0 Å². The third-order valence-electron chi connectivity index (χ3n) is 3.69. The molecule has 1 atom stereocenters. The third kappa shape index (κ3) is 3.10. The molecule has 0 spiro atoms. The lowest BCUT2D eigenvalue weighted by atomic mass is 9.98. The smallest absolute Gasteiger partial charge is 0.272 e. The zero-order valence-corrected chi connectivity index (χ0v) is 13.1. The summed E-state index contributed by atoms with van der Waals surface area (Å²) in [6, 6.07) is 1.69. The van der Waals surface area contributed by atoms with Crippen molar-refractivity contribution in [3.63, 3.8) is 0 Å². The number of aromatic nitrogens is 3. The summed E-state index contributed by atoms with van der Waals surface area (Å²) < 4.78 is 0. The lowest BCUT2D eigenvalue weighted by Crippen LogP contribution is -2.39. The molecule has 1 saturated heterocycles. The number of thiazole rings is 1. The Kier molecular flexibility index (Phi) is 3.96. The second-order valence-electron chi connectivity index (χ2n) is 5.41. The van der Waals surface area contributed by atoms with Crippen LogP contribution >= 0.6 is 11.3 Å². The molecule has 0 saturated carbocycles. The maximum absolute atomic E-state index is 12.6. The fourth-order valence-corrected chi connectivity index (χ4v) is 3.59. The molecule has 0 aliphatic carbocycles. The van der Waals surface area contributed by atoms with Crippen LogP contribution in [0, 0.1) is 13.8 Å². The van der Waals surface area contributed by atoms with Gasteiger partial charge < -0.3 is 4.90 Å². The van der Waals surface area contributed by atoms with E-state index in [0.29, 0.717) is 17.4 Å². The fraction of sp³-hybridized carbons (Fsp3) is 0.467. The molecule has 0 unspecified atom stereocenters. The fourth-order valence-electron chi connectivity index (χ4n) is 2.66. The quantitative estimate of drug-likeness (QED) is 0.855. The van der Waals surface area contributed by atoms with Crippen LogP contribution in [0.2, 0.25) is 0 Å². The molecule has 0 aromatic carbocycles. The van der Waals surface area contributed by atoms with Crippen molar-refractivity contribution in [3.05, 3.63) is 39.9 Å². The van der Waals surface area contributed by atoms with E-state index < -0.39 is 0 Å². The molecular weight excluding hydrogens is 284 g/mol. The molecule has 2 aromatic heterocycles. The van der Waals surface area contributed by atoms with Crippen LogP contribution in [-0.4, -0.2) is 38.8 Å². The van der Waals surface area contributed by atoms with Crippen LogP contribution in [0.25, 0.3) is 0 Å². The molecule has 21 heavy (non-hydrogen) atoms. The standard InChI is InChI=1S/C15H18N4OS/c1-10-9-21-14(17-10)12-4-3-7-19(8-12)15(20)13-5-6-16-11(2)18-13/h5-6,9,12H,3-4,7-8H2,1-2H3/t12-/m0/s1. The molecule has 0 bridgehead atoms. The van der Waals surface area contributed by atoms with Gasteiger partial charge in [0.2, 0.25) is 0 Å². The summed E-state index contributed by atoms with van der Waals surface area (Å²) in [6.07, 6.45) is 3.75. The Bertz CT molecular complexity index is 655. The zero-order chi connectivity index (χ0) is 14.8. The summed E-state index contributed by atoms with van der Waals surface area (Å²) in [4.78, 5) is 27.3. The molecule has 1 fully saturated rings. The van der Waals surface area contributed by atoms with Crippen LogP contribution in [-0.2, 0) is 0 Å². The van der Waals surface area contributed by atoms with Gasteiger partial charge in [0.1, 0.15) is 11.5 Å². The normalized spacial score (nSPS) is 18.8. The minimum Gasteiger partial charge on any atom is -0.337 e. The van der Waals surface area contributed by atoms with Gasteiger partial charge in [-0.25, -0.2) is 15.0 Å². The number of hydrogen-bond donors (Lipinski definition) is 0. The molecule has 0 radical (unpaired) electrons. The van der Waals surface area contributed by atoms with Crippen molar-refractivity contribution in [2.75, 3.05) is 13.1 Å². The molecule has 1 aliphatic rings. The Hall–Kier alpha value is -1.82. The monoisotopic (exact) mass is 302 g/mol. The number of amides is 1. The van der Waals surface area contributed by atoms with Gasteiger partial charge >= 0.3 is 0 Å². The Morgan fingerprint density at radius 3 is 2.95 bits per heavy atom. The highest BCUT2D eigenvalue weighted by Gasteiger charge is 2.27. The van der Waals surface area contributed by atoms with Crippen molar-refractivity contribution in [1.82, 2.24) is 19.9 Å². The second-order valence-corrected chi connectivity index (χ2v) is 6.30. The van der Waals surface area contributed by atoms with Crippen LogP contribution in [0.1, 0.15) is 45.8 Å². The predicted octanol–water partition coefficient (Wildman–Crippen LogP) is 2.57. The summed E-state index contributed by atoms with van der Waals surface area (Å²) in [6.45, 7) is 5.33. The van der Waals surface area contributed by atoms with E-state index in [1.165, 1.54) is 0 Å². The van der Waals surface area contributed by atoms with Gasteiger partial charge in [0.15, 0.2) is 0 Å². The van der Waals surface area contributed by atoms with E-state index in [4.69, 9.17) is 0 Å². The maximum Gasteiger partial charge on any atom is 0.272 e. The number of likely N-dealkylation sites (tertiary alicyclic amines) is 1. The Balaban J connectivity index is 1.75. The van der Waals surface area contributed by atoms with Gasteiger partial charge in [-0.1, -0.05) is 0 Å². The van der Waals surface area contributed by atoms with Crippen molar-refractivity contribution in [1.29, 1.82) is 0 Å². The van der Waals surface area contributed by atoms with Crippen LogP contribution in [0.15, 0.2) is 17.6 Å². The number of piperidine rings is 1. The number of carbonyl (C=O) groups excluding carboxylic acids is 1. The first-order valence-electron chi connectivity index (χ1n) is 7.14. The van der Waals surface area contributed by atoms with Crippen molar-refractivity contribution in [2.24, 2.45) is 0 Å². The highest BCUT2D eigenvalue weighted by Crippen LogP contribution is 2.29. The minimum atomic E-state index is -0.00141. The van der Waals surface area contributed by atoms with Gasteiger partial charge in [-0.3, -0.25) is 4.79 Å². The summed E-state index contributed by atoms with van der Waals surface area (Å²) in [7, 11) is 0. The average molecular weight is 302 g/mol. The first-order chi connectivity index (χ1) is 10.1. The van der Waals surface area contributed by atoms with Crippen LogP contribution < -0.4 is 0 Å². The predicted molar refractivity (Wildman–Crippen MR) is 81.5 cm³/mol. The maximum atomic E-state index is 12.6. The Labute approximate surface area is 128 Å². The highest BCUT2D eigenvalue weighted by atomic mass is 32.1. The van der Waals surface area contributed by atoms with Crippen LogP contribution in [0.4, 0.5) is 0 Å². The number of aryl methyl sites for hydroxylation is 2. The van der Waals surface area contributed by atoms with E-state index in [1.54, 1.807) is 30.5 Å². The SMILES string of the molecule is Cc1csc([C@H]2CCCN(C(=O)c3ccnc(C)n3)C2)n1. The van der Waals surface area contributed by atoms with Gasteiger partial charge in [0, 0.05) is 36.3 Å². The average Bonchev–Trinajstić information content (AvgIpc) is 2.93. The topological polar surface area (TPSA) is 59.0 Å². The number of hydrogen-bond acceptors (Lipinski definition) is 5. The lowest BCUT2D eigenvalue weighted by molar-refractivity contribution is 0.0700. The van der Waals surface area contributed by atoms with Crippen molar-refractivity contribution in [2.45, 2.75) is 32.6 Å². The number of nitrogens with zero attached hydrogens (tertiary/aromatic N) is 4. The van der Waals surface area contributed by atoms with Crippen molar-refractivity contribution >= 4 is 17.2 Å². The van der Waals surface area contributed by atoms with E-state index in [9.17, 15) is 4.79 Å². The molecule has 2 aromatic rings. The molecule has 3 heterocycles. The van der Waals surface area contributed by atoms with E-state index in [1.807, 2.05) is 11.8 Å². The molecule has 1 aliphatic heterocycles. The first-order valence-corrected chi connectivity index (χ1v) is 8.02. The minimum absolute atomic E-state index is 0.00141. The van der Waals surface area contributed by atoms with Crippen LogP contribution in [0.3, 0.4) is 0 Å². The summed E-state index contributed by atoms with van der Waals surface area (Å²) in [5, 5.41) is 3.22. The van der Waals surface area contributed by atoms with Gasteiger partial charge in [0.05, 0.1) is 5.01 Å². The Morgan fingerprint density at radius 2 is 2.24 bits per heavy atom. The highest BCUT2D eigenvalue weighted by molar-refractivity contribution is 7.09. The number of carbonyl (C=O) groups is 1. The van der Waals surface area contributed by atoms with E-state index in [0.717, 1.165) is 36.6 Å². The molecular formula is C15H18N4OS. The van der Waals surface area contributed by atoms with E-state index in [2.05, 4.69) is 20.3 Å². The van der Waals surface area contributed by atoms with E-state index in [-0.39, 0.29) is 5.91 Å². The summed E-state index contributed by atoms with van der Waals surface area (Å²) in [5.74, 6) is 0.979. The molecule has 3 rings (SSSR count). The molecule has 110 valence electrons. The van der Waals surface area contributed by atoms with Gasteiger partial charge in [-0.15, -0.1) is 11.3 Å². The number of rotatable bonds is 2. The first kappa shape index (κ1) is 14.1. The summed E-state index contributed by atoms with van der Waals surface area (Å²) >= 11 is 1.69. The lowest BCUT2D eigenvalue weighted by Gasteiger charge is -2.31. The van der Waals surface area contributed by atoms with Crippen molar-refractivity contribution in [3.8, 4) is 0 Å². The Morgan fingerprint density at radius 1 is 1.38 bits per heavy atom. The van der Waals surface area contributed by atoms with Gasteiger partial charge in [0.25, 0.3) is 5.91 Å². The molecule has 5 nitrogen and oxygen atoms in total. The third-order valence-corrected chi connectivity index (χ3v) is 4.81. The second kappa shape index (κ2) is 5.89. The van der Waals surface area contributed by atoms with Crippen molar-refractivity contribution < 1.29 is 4.79 Å². The zero-order valence-electron chi connectivity index (χ0n) is 12.2. The molecule has 1 amide bonds. The summed E-state index contributed by atoms with van der Waals surface area (Å²) in [5.41, 5.74) is 1.54. The largest absolute Gasteiger partial charge is 0.337 e. The molecule has 6 heteroatoms. The van der Waals surface area contributed by atoms with Gasteiger partial charge in [-0.05, 0) is 32.8 Å². The molecule has 0 N–H and O–H groups in total.